The smallest absolute Gasteiger partial charge is 0.347 e. The minimum atomic E-state index is -0.480. The zero-order valence-corrected chi connectivity index (χ0v) is 13.6. The number of aromatic nitrogens is 3. The van der Waals surface area contributed by atoms with Gasteiger partial charge in [0.25, 0.3) is 0 Å². The summed E-state index contributed by atoms with van der Waals surface area (Å²) in [5.74, 6) is -0.480. The van der Waals surface area contributed by atoms with Crippen LogP contribution in [0, 0.1) is 0 Å². The van der Waals surface area contributed by atoms with Gasteiger partial charge in [0.05, 0.1) is 13.2 Å². The fourth-order valence-corrected chi connectivity index (χ4v) is 2.34. The van der Waals surface area contributed by atoms with Crippen LogP contribution in [0.25, 0.3) is 0 Å². The van der Waals surface area contributed by atoms with Gasteiger partial charge in [-0.05, 0) is 40.5 Å². The molecule has 112 valence electrons. The van der Waals surface area contributed by atoms with Gasteiger partial charge in [0.1, 0.15) is 6.54 Å². The SMILES string of the molecule is CCOC(=O)Cn1c(Br)nn(Cc2ccc(Cl)cc2)c1=O. The summed E-state index contributed by atoms with van der Waals surface area (Å²) in [6, 6.07) is 7.11. The molecule has 0 saturated heterocycles. The topological polar surface area (TPSA) is 66.1 Å². The van der Waals surface area contributed by atoms with Crippen molar-refractivity contribution in [3.63, 3.8) is 0 Å². The Labute approximate surface area is 134 Å². The van der Waals surface area contributed by atoms with Crippen molar-refractivity contribution in [1.29, 1.82) is 0 Å². The van der Waals surface area contributed by atoms with Crippen molar-refractivity contribution in [1.82, 2.24) is 14.3 Å². The number of nitrogens with zero attached hydrogens (tertiary/aromatic N) is 3. The predicted octanol–water partition coefficient (Wildman–Crippen LogP) is 2.07. The van der Waals surface area contributed by atoms with Crippen LogP contribution in [-0.4, -0.2) is 26.9 Å². The van der Waals surface area contributed by atoms with Crippen LogP contribution in [0.1, 0.15) is 12.5 Å². The van der Waals surface area contributed by atoms with E-state index in [1.807, 2.05) is 12.1 Å². The zero-order valence-electron chi connectivity index (χ0n) is 11.3. The molecular weight excluding hydrogens is 362 g/mol. The van der Waals surface area contributed by atoms with Crippen LogP contribution in [0.15, 0.2) is 33.8 Å². The van der Waals surface area contributed by atoms with Crippen molar-refractivity contribution >= 4 is 33.5 Å². The molecule has 1 aromatic carbocycles. The second-order valence-electron chi connectivity index (χ2n) is 4.23. The number of benzene rings is 1. The van der Waals surface area contributed by atoms with E-state index in [0.29, 0.717) is 11.6 Å². The number of hydrogen-bond donors (Lipinski definition) is 0. The summed E-state index contributed by atoms with van der Waals surface area (Å²) < 4.78 is 7.60. The molecule has 0 bridgehead atoms. The maximum Gasteiger partial charge on any atom is 0.347 e. The standard InChI is InChI=1S/C13H13BrClN3O3/c1-2-21-11(19)8-17-12(14)16-18(13(17)20)7-9-3-5-10(15)6-4-9/h3-6H,2,7-8H2,1H3. The number of esters is 1. The molecule has 21 heavy (non-hydrogen) atoms. The minimum Gasteiger partial charge on any atom is -0.465 e. The van der Waals surface area contributed by atoms with Gasteiger partial charge in [-0.1, -0.05) is 23.7 Å². The van der Waals surface area contributed by atoms with E-state index < -0.39 is 5.97 Å². The molecule has 2 rings (SSSR count). The third kappa shape index (κ3) is 3.95. The van der Waals surface area contributed by atoms with Gasteiger partial charge >= 0.3 is 11.7 Å². The Balaban J connectivity index is 2.20. The third-order valence-corrected chi connectivity index (χ3v) is 3.55. The lowest BCUT2D eigenvalue weighted by Crippen LogP contribution is -2.28. The van der Waals surface area contributed by atoms with Crippen molar-refractivity contribution in [2.45, 2.75) is 20.0 Å². The Morgan fingerprint density at radius 3 is 2.67 bits per heavy atom. The summed E-state index contributed by atoms with van der Waals surface area (Å²) >= 11 is 8.99. The Hall–Kier alpha value is -1.60. The van der Waals surface area contributed by atoms with E-state index in [0.717, 1.165) is 5.56 Å². The summed E-state index contributed by atoms with van der Waals surface area (Å²) in [6.45, 7) is 2.10. The molecule has 0 fully saturated rings. The van der Waals surface area contributed by atoms with Crippen molar-refractivity contribution in [3.05, 3.63) is 50.1 Å². The quantitative estimate of drug-likeness (QED) is 0.752. The first-order chi connectivity index (χ1) is 10.0. The molecule has 0 N–H and O–H groups in total. The van der Waals surface area contributed by atoms with Crippen molar-refractivity contribution in [3.8, 4) is 0 Å². The molecule has 0 saturated carbocycles. The molecule has 0 amide bonds. The normalized spacial score (nSPS) is 10.6. The third-order valence-electron chi connectivity index (χ3n) is 2.72. The number of ether oxygens (including phenoxy) is 1. The molecule has 1 aromatic heterocycles. The highest BCUT2D eigenvalue weighted by Crippen LogP contribution is 2.11. The van der Waals surface area contributed by atoms with E-state index in [4.69, 9.17) is 16.3 Å². The van der Waals surface area contributed by atoms with Crippen LogP contribution in [0.3, 0.4) is 0 Å². The van der Waals surface area contributed by atoms with Crippen molar-refractivity contribution in [2.24, 2.45) is 0 Å². The van der Waals surface area contributed by atoms with E-state index in [2.05, 4.69) is 21.0 Å². The molecule has 0 radical (unpaired) electrons. The highest BCUT2D eigenvalue weighted by atomic mass is 79.9. The molecule has 0 aliphatic heterocycles. The second kappa shape index (κ2) is 6.91. The molecule has 6 nitrogen and oxygen atoms in total. The fourth-order valence-electron chi connectivity index (χ4n) is 1.75. The van der Waals surface area contributed by atoms with Crippen molar-refractivity contribution in [2.75, 3.05) is 6.61 Å². The molecule has 0 atom stereocenters. The average molecular weight is 375 g/mol. The summed E-state index contributed by atoms with van der Waals surface area (Å²) in [5, 5.41) is 4.71. The Morgan fingerprint density at radius 1 is 1.38 bits per heavy atom. The average Bonchev–Trinajstić information content (AvgIpc) is 2.69. The molecule has 0 aliphatic rings. The monoisotopic (exact) mass is 373 g/mol. The van der Waals surface area contributed by atoms with Gasteiger partial charge in [-0.15, -0.1) is 5.10 Å². The number of carbonyl (C=O) groups is 1. The number of hydrogen-bond acceptors (Lipinski definition) is 4. The number of rotatable bonds is 5. The van der Waals surface area contributed by atoms with Gasteiger partial charge in [0, 0.05) is 5.02 Å². The lowest BCUT2D eigenvalue weighted by Gasteiger charge is -2.02. The molecule has 0 aliphatic carbocycles. The molecule has 2 aromatic rings. The maximum atomic E-state index is 12.2. The first-order valence-corrected chi connectivity index (χ1v) is 7.41. The van der Waals surface area contributed by atoms with E-state index in [1.54, 1.807) is 19.1 Å². The van der Waals surface area contributed by atoms with Crippen LogP contribution < -0.4 is 5.69 Å². The minimum absolute atomic E-state index is 0.173. The first-order valence-electron chi connectivity index (χ1n) is 6.24. The highest BCUT2D eigenvalue weighted by molar-refractivity contribution is 9.10. The predicted molar refractivity (Wildman–Crippen MR) is 81.4 cm³/mol. The second-order valence-corrected chi connectivity index (χ2v) is 5.37. The Bertz CT molecular complexity index is 694. The molecule has 1 heterocycles. The number of carbonyl (C=O) groups excluding carboxylic acids is 1. The maximum absolute atomic E-state index is 12.2. The molecule has 8 heteroatoms. The van der Waals surface area contributed by atoms with Crippen LogP contribution >= 0.6 is 27.5 Å². The van der Waals surface area contributed by atoms with Gasteiger partial charge in [-0.25, -0.2) is 9.48 Å². The van der Waals surface area contributed by atoms with Crippen LogP contribution in [-0.2, 0) is 22.6 Å². The van der Waals surface area contributed by atoms with E-state index in [-0.39, 0.29) is 23.6 Å². The summed E-state index contributed by atoms with van der Waals surface area (Å²) in [7, 11) is 0. The fraction of sp³-hybridized carbons (Fsp3) is 0.308. The van der Waals surface area contributed by atoms with Crippen LogP contribution in [0.5, 0.6) is 0 Å². The lowest BCUT2D eigenvalue weighted by molar-refractivity contribution is -0.143. The Kier molecular flexibility index (Phi) is 5.19. The first kappa shape index (κ1) is 15.8. The van der Waals surface area contributed by atoms with Crippen LogP contribution in [0.2, 0.25) is 5.02 Å². The van der Waals surface area contributed by atoms with Gasteiger partial charge in [0.2, 0.25) is 4.73 Å². The molecular formula is C13H13BrClN3O3. The zero-order chi connectivity index (χ0) is 15.4. The highest BCUT2D eigenvalue weighted by Gasteiger charge is 2.15. The van der Waals surface area contributed by atoms with Gasteiger partial charge < -0.3 is 4.74 Å². The van der Waals surface area contributed by atoms with E-state index in [9.17, 15) is 9.59 Å². The van der Waals surface area contributed by atoms with Crippen LogP contribution in [0.4, 0.5) is 0 Å². The molecule has 0 unspecified atom stereocenters. The Morgan fingerprint density at radius 2 is 2.05 bits per heavy atom. The van der Waals surface area contributed by atoms with E-state index in [1.165, 1.54) is 9.25 Å². The summed E-state index contributed by atoms with van der Waals surface area (Å²) in [4.78, 5) is 23.7. The largest absolute Gasteiger partial charge is 0.465 e. The van der Waals surface area contributed by atoms with E-state index >= 15 is 0 Å². The van der Waals surface area contributed by atoms with Crippen molar-refractivity contribution < 1.29 is 9.53 Å². The lowest BCUT2D eigenvalue weighted by atomic mass is 10.2. The summed E-state index contributed by atoms with van der Waals surface area (Å²) in [6.07, 6.45) is 0. The summed E-state index contributed by atoms with van der Waals surface area (Å²) in [5.41, 5.74) is 0.500. The van der Waals surface area contributed by atoms with Gasteiger partial charge in [-0.3, -0.25) is 9.36 Å². The number of halogens is 2. The van der Waals surface area contributed by atoms with Gasteiger partial charge in [0.15, 0.2) is 0 Å². The van der Waals surface area contributed by atoms with Gasteiger partial charge in [-0.2, -0.15) is 0 Å². The molecule has 0 spiro atoms.